The lowest BCUT2D eigenvalue weighted by molar-refractivity contribution is 0.501. The molecule has 0 rings (SSSR count). The van der Waals surface area contributed by atoms with Gasteiger partial charge in [-0.15, -0.1) is 0 Å². The van der Waals surface area contributed by atoms with Gasteiger partial charge in [-0.1, -0.05) is 13.2 Å². The van der Waals surface area contributed by atoms with Crippen molar-refractivity contribution in [2.45, 2.75) is 0 Å². The fraction of sp³-hybridized carbons (Fsp3) is 0. The molecule has 2 N–H and O–H groups in total. The molecule has 0 saturated carbocycles. The summed E-state index contributed by atoms with van der Waals surface area (Å²) in [6.07, 6.45) is 0. The predicted molar refractivity (Wildman–Crippen MR) is 39.2 cm³/mol. The maximum absolute atomic E-state index is 5.18. The quantitative estimate of drug-likeness (QED) is 0.368. The summed E-state index contributed by atoms with van der Waals surface area (Å²) in [5.41, 5.74) is 6.36. The summed E-state index contributed by atoms with van der Waals surface area (Å²) < 4.78 is 4.88. The zero-order valence-corrected chi connectivity index (χ0v) is 5.11. The van der Waals surface area contributed by atoms with E-state index in [1.807, 2.05) is 0 Å². The maximum atomic E-state index is 5.18. The molecule has 0 atom stereocenters. The van der Waals surface area contributed by atoms with Gasteiger partial charge < -0.3 is 10.4 Å². The van der Waals surface area contributed by atoms with Gasteiger partial charge in [0.05, 0.1) is 0 Å². The Morgan fingerprint density at radius 3 is 2.25 bits per heavy atom. The topological polar surface area (TPSA) is 35.2 Å². The Morgan fingerprint density at radius 1 is 1.62 bits per heavy atom. The first-order valence-electron chi connectivity index (χ1n) is 2.34. The van der Waals surface area contributed by atoms with Crippen LogP contribution in [0.2, 0.25) is 0 Å². The summed E-state index contributed by atoms with van der Waals surface area (Å²) >= 11 is 0. The van der Waals surface area contributed by atoms with Crippen LogP contribution in [-0.4, -0.2) is 15.3 Å². The third-order valence-corrected chi connectivity index (χ3v) is 0.504. The predicted octanol–water partition coefficient (Wildman–Crippen LogP) is -1.11. The highest BCUT2D eigenvalue weighted by molar-refractivity contribution is 6.39. The molecule has 0 fully saturated rings. The van der Waals surface area contributed by atoms with E-state index in [1.54, 1.807) is 7.85 Å². The lowest BCUT2D eigenvalue weighted by Crippen LogP contribution is -2.08. The van der Waals surface area contributed by atoms with Crippen molar-refractivity contribution in [2.75, 3.05) is 0 Å². The summed E-state index contributed by atoms with van der Waals surface area (Å²) in [4.78, 5) is 0. The molecule has 2 nitrogen and oxygen atoms in total. The van der Waals surface area contributed by atoms with Crippen LogP contribution in [0.3, 0.4) is 0 Å². The molecule has 0 heterocycles. The van der Waals surface area contributed by atoms with Gasteiger partial charge in [-0.25, -0.2) is 0 Å². The summed E-state index contributed by atoms with van der Waals surface area (Å²) in [6, 6.07) is 0. The summed E-state index contributed by atoms with van der Waals surface area (Å²) in [5, 5.41) is 0. The van der Waals surface area contributed by atoms with Crippen LogP contribution < -0.4 is 5.73 Å². The molecule has 8 heavy (non-hydrogen) atoms. The SMILES string of the molecule is BC(=C)OBC(=C)N. The van der Waals surface area contributed by atoms with Crippen LogP contribution in [-0.2, 0) is 4.65 Å². The fourth-order valence-corrected chi connectivity index (χ4v) is 0.216. The van der Waals surface area contributed by atoms with Crippen molar-refractivity contribution in [3.05, 3.63) is 24.4 Å². The Balaban J connectivity index is 3.18. The molecule has 0 amide bonds. The highest BCUT2D eigenvalue weighted by Gasteiger charge is 1.90. The van der Waals surface area contributed by atoms with Crippen molar-refractivity contribution in [3.8, 4) is 0 Å². The van der Waals surface area contributed by atoms with Gasteiger partial charge in [0.1, 0.15) is 0 Å². The van der Waals surface area contributed by atoms with Gasteiger partial charge in [-0.2, -0.15) is 0 Å². The minimum absolute atomic E-state index is 0.370. The van der Waals surface area contributed by atoms with Crippen molar-refractivity contribution in [1.29, 1.82) is 0 Å². The normalized spacial score (nSPS) is 7.50. The van der Waals surface area contributed by atoms with Gasteiger partial charge in [0.2, 0.25) is 0 Å². The monoisotopic (exact) mass is 109 g/mol. The molecule has 0 saturated heterocycles. The summed E-state index contributed by atoms with van der Waals surface area (Å²) in [7, 11) is 2.14. The smallest absolute Gasteiger partial charge is 0.387 e. The van der Waals surface area contributed by atoms with Crippen LogP contribution in [0.4, 0.5) is 0 Å². The van der Waals surface area contributed by atoms with Crippen molar-refractivity contribution in [1.82, 2.24) is 0 Å². The molecule has 0 radical (unpaired) electrons. The third-order valence-electron chi connectivity index (χ3n) is 0.504. The molecule has 0 aliphatic carbocycles. The zero-order chi connectivity index (χ0) is 6.57. The van der Waals surface area contributed by atoms with Crippen molar-refractivity contribution in [2.24, 2.45) is 5.73 Å². The van der Waals surface area contributed by atoms with E-state index in [0.29, 0.717) is 18.7 Å². The van der Waals surface area contributed by atoms with Crippen molar-refractivity contribution >= 4 is 15.3 Å². The van der Waals surface area contributed by atoms with Crippen LogP contribution in [0.15, 0.2) is 24.4 Å². The van der Waals surface area contributed by atoms with Gasteiger partial charge in [0, 0.05) is 11.3 Å². The highest BCUT2D eigenvalue weighted by Crippen LogP contribution is 1.83. The standard InChI is InChI=1S/C4H9B2NO/c1-3(5)8-6-4(2)7/h6H,1-2,5,7H2. The van der Waals surface area contributed by atoms with E-state index in [9.17, 15) is 0 Å². The van der Waals surface area contributed by atoms with Crippen LogP contribution >= 0.6 is 0 Å². The van der Waals surface area contributed by atoms with E-state index >= 15 is 0 Å². The Morgan fingerprint density at radius 2 is 2.12 bits per heavy atom. The van der Waals surface area contributed by atoms with Crippen molar-refractivity contribution < 1.29 is 4.65 Å². The van der Waals surface area contributed by atoms with Crippen LogP contribution in [0.1, 0.15) is 0 Å². The summed E-state index contributed by atoms with van der Waals surface area (Å²) in [5.74, 6) is 0. The van der Waals surface area contributed by atoms with E-state index in [4.69, 9.17) is 10.4 Å². The Labute approximate surface area is 51.1 Å². The Bertz CT molecular complexity index is 98.6. The van der Waals surface area contributed by atoms with Gasteiger partial charge in [-0.3, -0.25) is 0 Å². The Kier molecular flexibility index (Phi) is 2.92. The molecule has 42 valence electrons. The number of rotatable bonds is 3. The second kappa shape index (κ2) is 3.24. The Hall–Kier alpha value is -0.790. The average molecular weight is 109 g/mol. The van der Waals surface area contributed by atoms with Crippen LogP contribution in [0.5, 0.6) is 0 Å². The van der Waals surface area contributed by atoms with E-state index in [-0.39, 0.29) is 0 Å². The van der Waals surface area contributed by atoms with Gasteiger partial charge in [0.25, 0.3) is 0 Å². The first-order valence-corrected chi connectivity index (χ1v) is 2.34. The molecule has 4 heteroatoms. The largest absolute Gasteiger partial charge is 0.569 e. The molecular weight excluding hydrogens is 99.7 g/mol. The van der Waals surface area contributed by atoms with E-state index in [1.165, 1.54) is 0 Å². The molecule has 0 aromatic rings. The molecule has 0 spiro atoms. The summed E-state index contributed by atoms with van der Waals surface area (Å²) in [6.45, 7) is 6.95. The second-order valence-corrected chi connectivity index (χ2v) is 1.65. The lowest BCUT2D eigenvalue weighted by atomic mass is 9.95. The molecule has 0 aliphatic heterocycles. The van der Waals surface area contributed by atoms with Gasteiger partial charge in [-0.05, 0) is 0 Å². The molecule has 0 unspecified atom stereocenters. The number of nitrogens with two attached hydrogens (primary N) is 1. The molecule has 0 aromatic heterocycles. The first kappa shape index (κ1) is 7.21. The minimum atomic E-state index is 0.370. The number of hydrogen-bond acceptors (Lipinski definition) is 2. The minimum Gasteiger partial charge on any atom is -0.569 e. The van der Waals surface area contributed by atoms with Crippen LogP contribution in [0, 0.1) is 0 Å². The molecule has 0 aliphatic rings. The maximum Gasteiger partial charge on any atom is 0.387 e. The van der Waals surface area contributed by atoms with E-state index in [0.717, 1.165) is 0 Å². The average Bonchev–Trinajstić information content (AvgIpc) is 1.61. The molecule has 0 bridgehead atoms. The highest BCUT2D eigenvalue weighted by atomic mass is 16.4. The van der Waals surface area contributed by atoms with Crippen LogP contribution in [0.25, 0.3) is 0 Å². The fourth-order valence-electron chi connectivity index (χ4n) is 0.216. The molecular formula is C4H9B2NO. The zero-order valence-electron chi connectivity index (χ0n) is 5.11. The lowest BCUT2D eigenvalue weighted by Gasteiger charge is -2.00. The van der Waals surface area contributed by atoms with E-state index < -0.39 is 0 Å². The third kappa shape index (κ3) is 5.21. The van der Waals surface area contributed by atoms with Gasteiger partial charge >= 0.3 is 7.48 Å². The number of hydrogen-bond donors (Lipinski definition) is 1. The van der Waals surface area contributed by atoms with E-state index in [2.05, 4.69) is 13.2 Å². The molecule has 0 aromatic carbocycles. The first-order chi connectivity index (χ1) is 3.63. The second-order valence-electron chi connectivity index (χ2n) is 1.65. The van der Waals surface area contributed by atoms with Gasteiger partial charge in [0.15, 0.2) is 7.85 Å². The van der Waals surface area contributed by atoms with Crippen molar-refractivity contribution in [3.63, 3.8) is 0 Å².